The predicted octanol–water partition coefficient (Wildman–Crippen LogP) is 2.33. The molecule has 1 amide bonds. The molecule has 8 heteroatoms. The van der Waals surface area contributed by atoms with Gasteiger partial charge < -0.3 is 14.5 Å². The second kappa shape index (κ2) is 7.36. The Bertz CT molecular complexity index is 710. The van der Waals surface area contributed by atoms with Crippen molar-refractivity contribution in [3.8, 4) is 0 Å². The number of H-pyrrole nitrogens is 2. The monoisotopic (exact) mass is 354 g/mol. The van der Waals surface area contributed by atoms with E-state index in [4.69, 9.17) is 16.3 Å². The maximum absolute atomic E-state index is 12.0. The molecule has 2 N–H and O–H groups in total. The van der Waals surface area contributed by atoms with Gasteiger partial charge in [-0.25, -0.2) is 9.78 Å². The molecule has 0 aromatic carbocycles. The maximum atomic E-state index is 12.0. The normalized spacial score (nSPS) is 12.0. The van der Waals surface area contributed by atoms with Crippen LogP contribution in [0.2, 0.25) is 5.15 Å². The topological polar surface area (TPSA) is 75.6 Å². The molecule has 0 aliphatic heterocycles. The van der Waals surface area contributed by atoms with Gasteiger partial charge >= 0.3 is 6.09 Å². The van der Waals surface area contributed by atoms with Gasteiger partial charge in [-0.15, -0.1) is 0 Å². The van der Waals surface area contributed by atoms with E-state index in [0.29, 0.717) is 24.8 Å². The van der Waals surface area contributed by atoms with E-state index in [1.54, 1.807) is 18.3 Å². The second-order valence-corrected chi connectivity index (χ2v) is 7.25. The van der Waals surface area contributed by atoms with E-state index in [2.05, 4.69) is 19.9 Å². The highest BCUT2D eigenvalue weighted by atomic mass is 35.5. The summed E-state index contributed by atoms with van der Waals surface area (Å²) in [6, 6.07) is 0. The summed E-state index contributed by atoms with van der Waals surface area (Å²) in [5.74, 6) is 0. The molecule has 0 aliphatic carbocycles. The first-order valence-electron chi connectivity index (χ1n) is 7.82. The molecule has 2 heterocycles. The van der Waals surface area contributed by atoms with Crippen LogP contribution in [0.3, 0.4) is 0 Å². The Morgan fingerprint density at radius 2 is 2.08 bits per heavy atom. The highest BCUT2D eigenvalue weighted by Gasteiger charge is 2.20. The minimum absolute atomic E-state index is 0.315. The van der Waals surface area contributed by atoms with Crippen LogP contribution < -0.4 is 4.98 Å². The summed E-state index contributed by atoms with van der Waals surface area (Å²) in [7, 11) is 3.74. The van der Waals surface area contributed by atoms with Crippen LogP contribution in [0.1, 0.15) is 26.3 Å². The van der Waals surface area contributed by atoms with E-state index in [1.807, 2.05) is 34.0 Å². The number of carbonyl (C=O) groups is 1. The van der Waals surface area contributed by atoms with Crippen LogP contribution in [0.15, 0.2) is 12.5 Å². The number of likely N-dealkylation sites (N-methyl/N-ethyl adjacent to an activating group) is 2. The van der Waals surface area contributed by atoms with Gasteiger partial charge in [0.1, 0.15) is 11.0 Å². The number of ether oxygens (including phenoxy) is 1. The summed E-state index contributed by atoms with van der Waals surface area (Å²) >= 11 is 6.18. The predicted molar refractivity (Wildman–Crippen MR) is 92.9 cm³/mol. The van der Waals surface area contributed by atoms with Crippen LogP contribution in [-0.2, 0) is 11.3 Å². The third-order valence-electron chi connectivity index (χ3n) is 3.52. The molecule has 0 unspecified atom stereocenters. The zero-order valence-electron chi connectivity index (χ0n) is 14.8. The molecule has 0 spiro atoms. The minimum atomic E-state index is -0.485. The number of aromatic nitrogens is 3. The summed E-state index contributed by atoms with van der Waals surface area (Å²) < 4.78 is 5.34. The van der Waals surface area contributed by atoms with Crippen molar-refractivity contribution in [3.63, 3.8) is 0 Å². The lowest BCUT2D eigenvalue weighted by molar-refractivity contribution is -0.352. The van der Waals surface area contributed by atoms with E-state index < -0.39 is 5.60 Å². The van der Waals surface area contributed by atoms with Crippen molar-refractivity contribution in [1.29, 1.82) is 0 Å². The number of carbonyl (C=O) groups excluding carboxylic acids is 1. The molecule has 0 aliphatic rings. The van der Waals surface area contributed by atoms with Gasteiger partial charge in [-0.05, 0) is 39.4 Å². The summed E-state index contributed by atoms with van der Waals surface area (Å²) in [4.78, 5) is 25.9. The molecular formula is C16H25ClN5O2+. The van der Waals surface area contributed by atoms with Gasteiger partial charge in [0.15, 0.2) is 0 Å². The van der Waals surface area contributed by atoms with E-state index in [1.165, 1.54) is 0 Å². The van der Waals surface area contributed by atoms with Crippen molar-refractivity contribution < 1.29 is 14.5 Å². The summed E-state index contributed by atoms with van der Waals surface area (Å²) in [6.45, 7) is 7.56. The number of halogens is 1. The first-order valence-corrected chi connectivity index (χ1v) is 8.20. The average Bonchev–Trinajstić information content (AvgIpc) is 2.87. The van der Waals surface area contributed by atoms with Crippen LogP contribution >= 0.6 is 11.6 Å². The summed E-state index contributed by atoms with van der Waals surface area (Å²) in [5.41, 5.74) is 1.42. The van der Waals surface area contributed by atoms with Gasteiger partial charge in [0.25, 0.3) is 0 Å². The number of aromatic amines is 2. The quantitative estimate of drug-likeness (QED) is 0.836. The lowest BCUT2D eigenvalue weighted by Gasteiger charge is -2.26. The van der Waals surface area contributed by atoms with Crippen LogP contribution in [-0.4, -0.2) is 58.6 Å². The number of hydrogen-bond acceptors (Lipinski definition) is 4. The number of nitrogens with one attached hydrogen (secondary N) is 2. The van der Waals surface area contributed by atoms with E-state index in [-0.39, 0.29) is 6.09 Å². The van der Waals surface area contributed by atoms with Gasteiger partial charge in [-0.1, -0.05) is 4.98 Å². The molecule has 2 aromatic heterocycles. The molecule has 0 atom stereocenters. The molecule has 2 rings (SSSR count). The third kappa shape index (κ3) is 4.82. The maximum Gasteiger partial charge on any atom is 0.410 e. The first kappa shape index (κ1) is 18.5. The molecular weight excluding hydrogens is 330 g/mol. The summed E-state index contributed by atoms with van der Waals surface area (Å²) in [5, 5.41) is 1.37. The fraction of sp³-hybridized carbons (Fsp3) is 0.562. The van der Waals surface area contributed by atoms with Crippen LogP contribution in [0.5, 0.6) is 0 Å². The zero-order valence-corrected chi connectivity index (χ0v) is 15.6. The van der Waals surface area contributed by atoms with Crippen molar-refractivity contribution in [3.05, 3.63) is 23.2 Å². The lowest BCUT2D eigenvalue weighted by Crippen LogP contribution is -2.38. The average molecular weight is 355 g/mol. The SMILES string of the molecule is CN(CCN(C)C(=O)OC(C)(C)C)Cc1c[nH]c2[nH+]cnc(Cl)c12. The fourth-order valence-electron chi connectivity index (χ4n) is 2.28. The lowest BCUT2D eigenvalue weighted by atomic mass is 10.2. The van der Waals surface area contributed by atoms with E-state index in [9.17, 15) is 4.79 Å². The molecule has 0 saturated carbocycles. The van der Waals surface area contributed by atoms with Crippen LogP contribution in [0.4, 0.5) is 4.79 Å². The largest absolute Gasteiger partial charge is 0.444 e. The Kier molecular flexibility index (Phi) is 5.66. The van der Waals surface area contributed by atoms with E-state index >= 15 is 0 Å². The smallest absolute Gasteiger partial charge is 0.410 e. The number of rotatable bonds is 5. The molecule has 7 nitrogen and oxygen atoms in total. The molecule has 0 radical (unpaired) electrons. The standard InChI is InChI=1S/C16H24ClN5O2/c1-16(2,3)24-15(23)22(5)7-6-21(4)9-11-8-18-14-12(11)13(17)19-10-20-14/h8,10H,6-7,9H2,1-5H3,(H,18,19,20)/p+1. The minimum Gasteiger partial charge on any atom is -0.444 e. The van der Waals surface area contributed by atoms with Crippen molar-refractivity contribution >= 4 is 28.7 Å². The Morgan fingerprint density at radius 3 is 2.75 bits per heavy atom. The van der Waals surface area contributed by atoms with Crippen molar-refractivity contribution in [2.75, 3.05) is 27.2 Å². The second-order valence-electron chi connectivity index (χ2n) is 6.90. The summed E-state index contributed by atoms with van der Waals surface area (Å²) in [6.07, 6.45) is 3.16. The van der Waals surface area contributed by atoms with Gasteiger partial charge in [-0.3, -0.25) is 4.98 Å². The Labute approximate surface area is 147 Å². The van der Waals surface area contributed by atoms with Gasteiger partial charge in [0.2, 0.25) is 17.1 Å². The van der Waals surface area contributed by atoms with E-state index in [0.717, 1.165) is 16.6 Å². The Hall–Kier alpha value is -1.86. The third-order valence-corrected chi connectivity index (χ3v) is 3.80. The Morgan fingerprint density at radius 1 is 1.38 bits per heavy atom. The highest BCUT2D eigenvalue weighted by Crippen LogP contribution is 2.22. The fourth-order valence-corrected chi connectivity index (χ4v) is 2.54. The van der Waals surface area contributed by atoms with Gasteiger partial charge in [0, 0.05) is 32.2 Å². The van der Waals surface area contributed by atoms with Crippen LogP contribution in [0.25, 0.3) is 11.0 Å². The number of nitrogens with zero attached hydrogens (tertiary/aromatic N) is 3. The number of amides is 1. The Balaban J connectivity index is 1.91. The molecule has 0 saturated heterocycles. The molecule has 2 aromatic rings. The molecule has 0 bridgehead atoms. The highest BCUT2D eigenvalue weighted by molar-refractivity contribution is 6.34. The number of hydrogen-bond donors (Lipinski definition) is 1. The number of fused-ring (bicyclic) bond motifs is 1. The zero-order chi connectivity index (χ0) is 17.9. The van der Waals surface area contributed by atoms with Crippen molar-refractivity contribution in [2.45, 2.75) is 32.9 Å². The molecule has 132 valence electrons. The van der Waals surface area contributed by atoms with Gasteiger partial charge in [-0.2, -0.15) is 0 Å². The van der Waals surface area contributed by atoms with Crippen molar-refractivity contribution in [1.82, 2.24) is 19.8 Å². The van der Waals surface area contributed by atoms with Crippen LogP contribution in [0, 0.1) is 0 Å². The first-order chi connectivity index (χ1) is 11.2. The molecule has 0 fully saturated rings. The molecule has 24 heavy (non-hydrogen) atoms. The van der Waals surface area contributed by atoms with Gasteiger partial charge in [0.05, 0.1) is 6.20 Å². The van der Waals surface area contributed by atoms with Crippen molar-refractivity contribution in [2.24, 2.45) is 0 Å².